The molecule has 0 N–H and O–H groups in total. The zero-order valence-corrected chi connectivity index (χ0v) is 9.18. The summed E-state index contributed by atoms with van der Waals surface area (Å²) in [6.45, 7) is 0.831. The van der Waals surface area contributed by atoms with E-state index in [0.717, 1.165) is 6.92 Å². The second-order valence-corrected chi connectivity index (χ2v) is 3.74. The Bertz CT molecular complexity index is 257. The molecule has 0 nitrogen and oxygen atoms in total. The van der Waals surface area contributed by atoms with E-state index in [4.69, 9.17) is 0 Å². The van der Waals surface area contributed by atoms with Crippen molar-refractivity contribution in [2.75, 3.05) is 0 Å². The van der Waals surface area contributed by atoms with Crippen molar-refractivity contribution in [3.63, 3.8) is 0 Å². The summed E-state index contributed by atoms with van der Waals surface area (Å²) in [6.07, 6.45) is -16.9. The highest BCUT2D eigenvalue weighted by molar-refractivity contribution is 4.95. The fourth-order valence-corrected chi connectivity index (χ4v) is 1.15. The minimum atomic E-state index is -5.48. The van der Waals surface area contributed by atoms with Gasteiger partial charge in [-0.3, -0.25) is 0 Å². The van der Waals surface area contributed by atoms with Crippen molar-refractivity contribution in [1.29, 1.82) is 0 Å². The van der Waals surface area contributed by atoms with Gasteiger partial charge in [0.15, 0.2) is 12.3 Å². The van der Waals surface area contributed by atoms with Crippen molar-refractivity contribution in [1.82, 2.24) is 0 Å². The van der Waals surface area contributed by atoms with E-state index in [-0.39, 0.29) is 0 Å². The van der Waals surface area contributed by atoms with Crippen molar-refractivity contribution < 1.29 is 39.5 Å². The number of hydrogen-bond acceptors (Lipinski definition) is 0. The van der Waals surface area contributed by atoms with Crippen LogP contribution in [0.5, 0.6) is 0 Å². The van der Waals surface area contributed by atoms with Crippen LogP contribution in [0.2, 0.25) is 0 Å². The molecule has 0 rings (SSSR count). The molecular weight excluding hydrogens is 279 g/mol. The van der Waals surface area contributed by atoms with Gasteiger partial charge in [0.25, 0.3) is 0 Å². The molecule has 2 atom stereocenters. The summed E-state index contributed by atoms with van der Waals surface area (Å²) < 4.78 is 112. The first-order valence-corrected chi connectivity index (χ1v) is 4.96. The van der Waals surface area contributed by atoms with Crippen LogP contribution in [0.3, 0.4) is 0 Å². The molecule has 0 radical (unpaired) electrons. The molecule has 0 spiro atoms. The van der Waals surface area contributed by atoms with E-state index in [2.05, 4.69) is 0 Å². The Hall–Kier alpha value is -0.630. The predicted octanol–water partition coefficient (Wildman–Crippen LogP) is 4.69. The zero-order chi connectivity index (χ0) is 14.8. The van der Waals surface area contributed by atoms with Gasteiger partial charge in [0.05, 0.1) is 0 Å². The summed E-state index contributed by atoms with van der Waals surface area (Å²) in [5.74, 6) is -10.8. The lowest BCUT2D eigenvalue weighted by atomic mass is 9.98. The molecule has 0 aromatic rings. The molecule has 0 aromatic carbocycles. The molecular formula is C9H11F9. The Morgan fingerprint density at radius 2 is 1.17 bits per heavy atom. The molecule has 0 heterocycles. The summed E-state index contributed by atoms with van der Waals surface area (Å²) in [5, 5.41) is 0. The van der Waals surface area contributed by atoms with Gasteiger partial charge in [-0.1, -0.05) is 6.92 Å². The molecule has 0 aliphatic heterocycles. The summed E-state index contributed by atoms with van der Waals surface area (Å²) in [4.78, 5) is 0. The number of hydrogen-bond donors (Lipinski definition) is 0. The van der Waals surface area contributed by atoms with Crippen LogP contribution in [-0.4, -0.2) is 30.4 Å². The summed E-state index contributed by atoms with van der Waals surface area (Å²) in [7, 11) is 0. The molecule has 2 unspecified atom stereocenters. The smallest absolute Gasteiger partial charge is 0.241 e. The maximum Gasteiger partial charge on any atom is 0.389 e. The third kappa shape index (κ3) is 3.94. The molecule has 18 heavy (non-hydrogen) atoms. The topological polar surface area (TPSA) is 0 Å². The van der Waals surface area contributed by atoms with E-state index in [1.807, 2.05) is 0 Å². The number of alkyl halides is 9. The highest BCUT2D eigenvalue weighted by Crippen LogP contribution is 2.44. The van der Waals surface area contributed by atoms with E-state index < -0.39 is 49.6 Å². The van der Waals surface area contributed by atoms with Crippen LogP contribution in [0.15, 0.2) is 0 Å². The number of rotatable bonds is 6. The van der Waals surface area contributed by atoms with E-state index >= 15 is 0 Å². The molecule has 9 heteroatoms. The van der Waals surface area contributed by atoms with Gasteiger partial charge >= 0.3 is 18.0 Å². The third-order valence-corrected chi connectivity index (χ3v) is 2.27. The van der Waals surface area contributed by atoms with E-state index in [1.54, 1.807) is 0 Å². The van der Waals surface area contributed by atoms with Crippen molar-refractivity contribution in [2.24, 2.45) is 0 Å². The molecule has 0 amide bonds. The monoisotopic (exact) mass is 290 g/mol. The average Bonchev–Trinajstić information content (AvgIpc) is 2.22. The fourth-order valence-electron chi connectivity index (χ4n) is 1.15. The van der Waals surface area contributed by atoms with Gasteiger partial charge in [0.2, 0.25) is 0 Å². The number of halogens is 9. The van der Waals surface area contributed by atoms with Gasteiger partial charge in [0, 0.05) is 6.42 Å². The molecule has 0 aromatic heterocycles. The van der Waals surface area contributed by atoms with Gasteiger partial charge in [-0.25, -0.2) is 8.78 Å². The Kier molecular flexibility index (Phi) is 5.37. The van der Waals surface area contributed by atoms with Crippen LogP contribution >= 0.6 is 0 Å². The minimum Gasteiger partial charge on any atom is -0.241 e. The maximum absolute atomic E-state index is 12.9. The zero-order valence-electron chi connectivity index (χ0n) is 9.18. The van der Waals surface area contributed by atoms with Gasteiger partial charge in [-0.15, -0.1) is 0 Å². The second kappa shape index (κ2) is 5.56. The molecule has 0 bridgehead atoms. The van der Waals surface area contributed by atoms with Gasteiger partial charge in [0.1, 0.15) is 0 Å². The standard InChI is InChI=1S/C9H11F9/c1-2-5(10)8(15,16)9(17,18)6(11)3-4-7(12,13)14/h5-6H,2-4H2,1H3. The van der Waals surface area contributed by atoms with Gasteiger partial charge < -0.3 is 0 Å². The SMILES string of the molecule is CCC(F)C(F)(F)C(F)(F)C(F)CCC(F)(F)F. The second-order valence-electron chi connectivity index (χ2n) is 3.74. The molecule has 0 fully saturated rings. The van der Waals surface area contributed by atoms with E-state index in [9.17, 15) is 39.5 Å². The first-order valence-electron chi connectivity index (χ1n) is 4.96. The Labute approximate surface area is 97.1 Å². The highest BCUT2D eigenvalue weighted by atomic mass is 19.4. The summed E-state index contributed by atoms with van der Waals surface area (Å²) in [6, 6.07) is 0. The molecule has 110 valence electrons. The summed E-state index contributed by atoms with van der Waals surface area (Å²) in [5.41, 5.74) is 0. The minimum absolute atomic E-state index is 0.831. The molecule has 0 aliphatic carbocycles. The quantitative estimate of drug-likeness (QED) is 0.623. The molecule has 0 saturated carbocycles. The van der Waals surface area contributed by atoms with Crippen molar-refractivity contribution in [3.05, 3.63) is 0 Å². The lowest BCUT2D eigenvalue weighted by molar-refractivity contribution is -0.267. The third-order valence-electron chi connectivity index (χ3n) is 2.27. The normalized spacial score (nSPS) is 17.7. The predicted molar refractivity (Wildman–Crippen MR) is 45.3 cm³/mol. The Balaban J connectivity index is 4.80. The van der Waals surface area contributed by atoms with E-state index in [1.165, 1.54) is 0 Å². The van der Waals surface area contributed by atoms with Crippen LogP contribution in [0.4, 0.5) is 39.5 Å². The van der Waals surface area contributed by atoms with Crippen LogP contribution in [-0.2, 0) is 0 Å². The van der Waals surface area contributed by atoms with Crippen molar-refractivity contribution in [2.45, 2.75) is 56.6 Å². The van der Waals surface area contributed by atoms with Crippen molar-refractivity contribution in [3.8, 4) is 0 Å². The lowest BCUT2D eigenvalue weighted by Crippen LogP contribution is -2.53. The highest BCUT2D eigenvalue weighted by Gasteiger charge is 2.65. The van der Waals surface area contributed by atoms with Gasteiger partial charge in [-0.2, -0.15) is 30.7 Å². The van der Waals surface area contributed by atoms with Crippen LogP contribution < -0.4 is 0 Å². The van der Waals surface area contributed by atoms with Crippen molar-refractivity contribution >= 4 is 0 Å². The van der Waals surface area contributed by atoms with Crippen LogP contribution in [0.25, 0.3) is 0 Å². The van der Waals surface area contributed by atoms with Gasteiger partial charge in [-0.05, 0) is 12.8 Å². The Morgan fingerprint density at radius 1 is 0.778 bits per heavy atom. The molecule has 0 aliphatic rings. The first-order chi connectivity index (χ1) is 7.86. The average molecular weight is 290 g/mol. The molecule has 0 saturated heterocycles. The largest absolute Gasteiger partial charge is 0.389 e. The maximum atomic E-state index is 12.9. The first kappa shape index (κ1) is 17.4. The lowest BCUT2D eigenvalue weighted by Gasteiger charge is -2.31. The van der Waals surface area contributed by atoms with Crippen LogP contribution in [0.1, 0.15) is 26.2 Å². The summed E-state index contributed by atoms with van der Waals surface area (Å²) >= 11 is 0. The van der Waals surface area contributed by atoms with Crippen LogP contribution in [0, 0.1) is 0 Å². The Morgan fingerprint density at radius 3 is 1.50 bits per heavy atom. The van der Waals surface area contributed by atoms with E-state index in [0.29, 0.717) is 0 Å². The fraction of sp³-hybridized carbons (Fsp3) is 1.00.